The molecule has 2 aliphatic rings. The lowest BCUT2D eigenvalue weighted by molar-refractivity contribution is -0.140. The Morgan fingerprint density at radius 3 is 2.49 bits per heavy atom. The largest absolute Gasteiger partial charge is 0.462 e. The van der Waals surface area contributed by atoms with E-state index in [1.165, 1.54) is 80.5 Å². The summed E-state index contributed by atoms with van der Waals surface area (Å²) in [5.41, 5.74) is 2.57. The van der Waals surface area contributed by atoms with Crippen LogP contribution in [0.25, 0.3) is 10.8 Å². The molecule has 0 radical (unpaired) electrons. The number of carbonyl (C=O) groups is 1. The van der Waals surface area contributed by atoms with Crippen LogP contribution in [0.4, 0.5) is 0 Å². The summed E-state index contributed by atoms with van der Waals surface area (Å²) in [6, 6.07) is 13.3. The Hall–Kier alpha value is -2.21. The van der Waals surface area contributed by atoms with Crippen molar-refractivity contribution in [3.63, 3.8) is 0 Å². The molecule has 1 N–H and O–H groups in total. The highest BCUT2D eigenvalue weighted by atomic mass is 16.5. The van der Waals surface area contributed by atoms with Crippen molar-refractivity contribution >= 4 is 16.7 Å². The minimum atomic E-state index is -0.569. The molecule has 0 aromatic heterocycles. The number of methoxy groups -OCH3 is 1. The highest BCUT2D eigenvalue weighted by molar-refractivity contribution is 5.88. The van der Waals surface area contributed by atoms with Crippen LogP contribution in [0.3, 0.4) is 0 Å². The monoisotopic (exact) mass is 536 g/mol. The minimum Gasteiger partial charge on any atom is -0.462 e. The third kappa shape index (κ3) is 8.15. The fourth-order valence-corrected chi connectivity index (χ4v) is 6.51. The van der Waals surface area contributed by atoms with Crippen LogP contribution in [0.5, 0.6) is 0 Å². The van der Waals surface area contributed by atoms with E-state index in [4.69, 9.17) is 19.3 Å². The molecule has 1 aliphatic carbocycles. The standard InChI is InChI=1S/C34H48O5/c1-4-5-6-7-25-8-17-33(38-21-25)27-11-9-26(10-12-27)28-13-14-30-19-31(16-15-29(30)18-28)32(22-37-3)23-39-34(36)24(2)20-35/h13-16,18-19,25-27,32-33,35H,2,4-12,17,20-23H2,1,3H3. The maximum Gasteiger partial charge on any atom is 0.335 e. The van der Waals surface area contributed by atoms with Crippen LogP contribution in [0, 0.1) is 11.8 Å². The normalized spacial score (nSPS) is 24.4. The van der Waals surface area contributed by atoms with Crippen LogP contribution in [-0.4, -0.2) is 50.7 Å². The van der Waals surface area contributed by atoms with Gasteiger partial charge < -0.3 is 19.3 Å². The molecule has 3 atom stereocenters. The van der Waals surface area contributed by atoms with Crippen LogP contribution in [0.1, 0.15) is 94.1 Å². The van der Waals surface area contributed by atoms with E-state index in [9.17, 15) is 4.79 Å². The molecule has 214 valence electrons. The lowest BCUT2D eigenvalue weighted by Gasteiger charge is -2.38. The number of ether oxygens (including phenoxy) is 3. The van der Waals surface area contributed by atoms with Gasteiger partial charge in [0.15, 0.2) is 0 Å². The average Bonchev–Trinajstić information content (AvgIpc) is 2.98. The van der Waals surface area contributed by atoms with Crippen LogP contribution < -0.4 is 0 Å². The van der Waals surface area contributed by atoms with Crippen LogP contribution >= 0.6 is 0 Å². The zero-order valence-electron chi connectivity index (χ0n) is 24.0. The number of rotatable bonds is 13. The van der Waals surface area contributed by atoms with Crippen molar-refractivity contribution in [1.29, 1.82) is 0 Å². The third-order valence-corrected chi connectivity index (χ3v) is 9.01. The zero-order chi connectivity index (χ0) is 27.6. The number of esters is 1. The second kappa shape index (κ2) is 15.0. The topological polar surface area (TPSA) is 65.0 Å². The predicted molar refractivity (Wildman–Crippen MR) is 157 cm³/mol. The first-order valence-corrected chi connectivity index (χ1v) is 15.1. The lowest BCUT2D eigenvalue weighted by Crippen LogP contribution is -2.34. The van der Waals surface area contributed by atoms with E-state index in [1.54, 1.807) is 7.11 Å². The molecule has 2 aromatic carbocycles. The molecule has 5 heteroatoms. The Labute approximate surface area is 234 Å². The molecule has 0 spiro atoms. The molecule has 2 aromatic rings. The smallest absolute Gasteiger partial charge is 0.335 e. The van der Waals surface area contributed by atoms with E-state index in [-0.39, 0.29) is 18.1 Å². The number of fused-ring (bicyclic) bond motifs is 1. The van der Waals surface area contributed by atoms with Crippen molar-refractivity contribution in [2.24, 2.45) is 11.8 Å². The van der Waals surface area contributed by atoms with E-state index in [1.807, 2.05) is 0 Å². The SMILES string of the molecule is C=C(CO)C(=O)OCC(COC)c1ccc2cc(C3CCC(C4CCC(CCCCC)CO4)CC3)ccc2c1. The number of hydrogen-bond acceptors (Lipinski definition) is 5. The molecule has 5 nitrogen and oxygen atoms in total. The summed E-state index contributed by atoms with van der Waals surface area (Å²) < 4.78 is 17.2. The van der Waals surface area contributed by atoms with Gasteiger partial charge in [0.1, 0.15) is 6.61 Å². The molecule has 1 aliphatic heterocycles. The minimum absolute atomic E-state index is 0.0592. The summed E-state index contributed by atoms with van der Waals surface area (Å²) in [7, 11) is 1.65. The number of aliphatic hydroxyl groups excluding tert-OH is 1. The van der Waals surface area contributed by atoms with Crippen molar-refractivity contribution in [3.8, 4) is 0 Å². The number of hydrogen-bond donors (Lipinski definition) is 1. The van der Waals surface area contributed by atoms with Crippen molar-refractivity contribution in [2.45, 2.75) is 89.1 Å². The van der Waals surface area contributed by atoms with Crippen LogP contribution in [0.2, 0.25) is 0 Å². The van der Waals surface area contributed by atoms with Gasteiger partial charge in [-0.3, -0.25) is 0 Å². The number of unbranched alkanes of at least 4 members (excludes halogenated alkanes) is 2. The molecule has 1 heterocycles. The second-order valence-corrected chi connectivity index (χ2v) is 11.8. The first-order valence-electron chi connectivity index (χ1n) is 15.1. The Balaban J connectivity index is 1.31. The van der Waals surface area contributed by atoms with Gasteiger partial charge >= 0.3 is 5.97 Å². The maximum atomic E-state index is 12.0. The molecular formula is C34H48O5. The molecule has 39 heavy (non-hydrogen) atoms. The first kappa shape index (κ1) is 29.8. The summed E-state index contributed by atoms with van der Waals surface area (Å²) in [6.45, 7) is 7.02. The quantitative estimate of drug-likeness (QED) is 0.165. The Kier molecular flexibility index (Phi) is 11.4. The number of benzene rings is 2. The van der Waals surface area contributed by atoms with Gasteiger partial charge in [-0.25, -0.2) is 4.79 Å². The summed E-state index contributed by atoms with van der Waals surface area (Å²) >= 11 is 0. The van der Waals surface area contributed by atoms with Gasteiger partial charge in [-0.1, -0.05) is 69.2 Å². The zero-order valence-corrected chi connectivity index (χ0v) is 24.0. The molecule has 1 saturated heterocycles. The second-order valence-electron chi connectivity index (χ2n) is 11.8. The molecule has 0 bridgehead atoms. The Bertz CT molecular complexity index is 1060. The van der Waals surface area contributed by atoms with E-state index in [0.717, 1.165) is 24.0 Å². The molecule has 0 amide bonds. The highest BCUT2D eigenvalue weighted by Crippen LogP contribution is 2.41. The molecule has 1 saturated carbocycles. The van der Waals surface area contributed by atoms with Gasteiger partial charge in [-0.05, 0) is 84.6 Å². The molecule has 3 unspecified atom stereocenters. The van der Waals surface area contributed by atoms with Crippen molar-refractivity contribution in [3.05, 3.63) is 59.7 Å². The Morgan fingerprint density at radius 1 is 1.03 bits per heavy atom. The van der Waals surface area contributed by atoms with E-state index in [2.05, 4.69) is 49.9 Å². The maximum absolute atomic E-state index is 12.0. The molecule has 4 rings (SSSR count). The van der Waals surface area contributed by atoms with Gasteiger partial charge in [0, 0.05) is 19.6 Å². The van der Waals surface area contributed by atoms with Gasteiger partial charge in [-0.15, -0.1) is 0 Å². The molecule has 2 fully saturated rings. The van der Waals surface area contributed by atoms with E-state index < -0.39 is 12.6 Å². The van der Waals surface area contributed by atoms with Gasteiger partial charge in [0.2, 0.25) is 0 Å². The lowest BCUT2D eigenvalue weighted by atomic mass is 9.74. The van der Waals surface area contributed by atoms with Crippen LogP contribution in [0.15, 0.2) is 48.6 Å². The molecular weight excluding hydrogens is 488 g/mol. The first-order chi connectivity index (χ1) is 19.0. The van der Waals surface area contributed by atoms with Crippen molar-refractivity contribution in [1.82, 2.24) is 0 Å². The summed E-state index contributed by atoms with van der Waals surface area (Å²) in [5.74, 6) is 1.48. The van der Waals surface area contributed by atoms with Crippen molar-refractivity contribution in [2.75, 3.05) is 33.5 Å². The summed E-state index contributed by atoms with van der Waals surface area (Å²) in [5, 5.41) is 11.5. The fraction of sp³-hybridized carbons (Fsp3) is 0.618. The fourth-order valence-electron chi connectivity index (χ4n) is 6.51. The highest BCUT2D eigenvalue weighted by Gasteiger charge is 2.32. The van der Waals surface area contributed by atoms with E-state index in [0.29, 0.717) is 18.6 Å². The third-order valence-electron chi connectivity index (χ3n) is 9.01. The average molecular weight is 537 g/mol. The van der Waals surface area contributed by atoms with Gasteiger partial charge in [0.25, 0.3) is 0 Å². The van der Waals surface area contributed by atoms with Crippen molar-refractivity contribution < 1.29 is 24.1 Å². The predicted octanol–water partition coefficient (Wildman–Crippen LogP) is 7.31. The van der Waals surface area contributed by atoms with E-state index >= 15 is 0 Å². The van der Waals surface area contributed by atoms with Gasteiger partial charge in [0.05, 0.1) is 24.9 Å². The van der Waals surface area contributed by atoms with Crippen LogP contribution in [-0.2, 0) is 19.0 Å². The van der Waals surface area contributed by atoms with Gasteiger partial charge in [-0.2, -0.15) is 0 Å². The number of carbonyl (C=O) groups excluding carboxylic acids is 1. The Morgan fingerprint density at radius 2 is 1.79 bits per heavy atom. The summed E-state index contributed by atoms with van der Waals surface area (Å²) in [4.78, 5) is 12.0. The number of aliphatic hydroxyl groups is 1. The summed E-state index contributed by atoms with van der Waals surface area (Å²) in [6.07, 6.45) is 13.5.